The van der Waals surface area contributed by atoms with Gasteiger partial charge >= 0.3 is 12.0 Å². The predicted octanol–water partition coefficient (Wildman–Crippen LogP) is 1.58. The Hall–Kier alpha value is -1.89. The third-order valence-electron chi connectivity index (χ3n) is 2.59. The van der Waals surface area contributed by atoms with Gasteiger partial charge in [-0.1, -0.05) is 6.07 Å². The minimum absolute atomic E-state index is 0.144. The molecule has 1 rings (SSSR count). The number of hydrogen-bond acceptors (Lipinski definition) is 3. The van der Waals surface area contributed by atoms with Crippen LogP contribution in [-0.2, 0) is 10.8 Å². The largest absolute Gasteiger partial charge is 0.478 e. The zero-order valence-electron chi connectivity index (χ0n) is 11.6. The smallest absolute Gasteiger partial charge is 0.336 e. The van der Waals surface area contributed by atoms with Crippen LogP contribution in [0.4, 0.5) is 10.5 Å². The molecule has 2 amide bonds. The van der Waals surface area contributed by atoms with Gasteiger partial charge in [0, 0.05) is 34.5 Å². The Morgan fingerprint density at radius 3 is 2.60 bits per heavy atom. The van der Waals surface area contributed by atoms with Crippen molar-refractivity contribution in [1.82, 2.24) is 5.32 Å². The molecule has 0 saturated heterocycles. The number of amides is 2. The molecule has 1 aromatic rings. The van der Waals surface area contributed by atoms with E-state index in [2.05, 4.69) is 10.6 Å². The minimum Gasteiger partial charge on any atom is -0.478 e. The number of nitrogens with one attached hydrogen (secondary N) is 2. The van der Waals surface area contributed by atoms with Gasteiger partial charge in [-0.2, -0.15) is 0 Å². The first-order valence-electron chi connectivity index (χ1n) is 6.01. The lowest BCUT2D eigenvalue weighted by Crippen LogP contribution is -2.39. The van der Waals surface area contributed by atoms with E-state index in [1.165, 1.54) is 6.07 Å². The van der Waals surface area contributed by atoms with Crippen LogP contribution in [0, 0.1) is 6.92 Å². The zero-order valence-corrected chi connectivity index (χ0v) is 12.4. The van der Waals surface area contributed by atoms with Crippen LogP contribution in [-0.4, -0.2) is 39.4 Å². The Kier molecular flexibility index (Phi) is 5.69. The fraction of sp³-hybridized carbons (Fsp3) is 0.385. The number of urea groups is 1. The molecule has 2 unspecified atom stereocenters. The molecule has 0 aromatic heterocycles. The molecule has 20 heavy (non-hydrogen) atoms. The van der Waals surface area contributed by atoms with Crippen LogP contribution in [0.1, 0.15) is 22.8 Å². The van der Waals surface area contributed by atoms with E-state index in [9.17, 15) is 13.8 Å². The zero-order chi connectivity index (χ0) is 15.3. The summed E-state index contributed by atoms with van der Waals surface area (Å²) in [5, 5.41) is 14.2. The number of carboxylic acids is 1. The van der Waals surface area contributed by atoms with Crippen molar-refractivity contribution in [3.05, 3.63) is 29.3 Å². The molecule has 1 aromatic carbocycles. The second-order valence-electron chi connectivity index (χ2n) is 4.57. The van der Waals surface area contributed by atoms with Crippen LogP contribution >= 0.6 is 0 Å². The second-order valence-corrected chi connectivity index (χ2v) is 6.05. The molecule has 0 aliphatic rings. The van der Waals surface area contributed by atoms with Gasteiger partial charge in [0.15, 0.2) is 0 Å². The maximum absolute atomic E-state index is 11.7. The highest BCUT2D eigenvalue weighted by Gasteiger charge is 2.11. The van der Waals surface area contributed by atoms with Crippen molar-refractivity contribution in [2.24, 2.45) is 0 Å². The average molecular weight is 298 g/mol. The van der Waals surface area contributed by atoms with E-state index < -0.39 is 22.8 Å². The van der Waals surface area contributed by atoms with Crippen molar-refractivity contribution in [1.29, 1.82) is 0 Å². The van der Waals surface area contributed by atoms with E-state index in [1.807, 2.05) is 0 Å². The van der Waals surface area contributed by atoms with Gasteiger partial charge < -0.3 is 15.7 Å². The first-order valence-corrected chi connectivity index (χ1v) is 7.73. The molecule has 0 radical (unpaired) electrons. The number of carboxylic acid groups (broad SMARTS) is 1. The number of carbonyl (C=O) groups excluding carboxylic acids is 1. The Morgan fingerprint density at radius 1 is 1.40 bits per heavy atom. The number of carbonyl (C=O) groups is 2. The molecule has 6 nitrogen and oxygen atoms in total. The summed E-state index contributed by atoms with van der Waals surface area (Å²) in [5.74, 6) is -0.678. The summed E-state index contributed by atoms with van der Waals surface area (Å²) in [5.41, 5.74) is 1.17. The topological polar surface area (TPSA) is 95.5 Å². The van der Waals surface area contributed by atoms with E-state index in [-0.39, 0.29) is 11.6 Å². The fourth-order valence-corrected chi connectivity index (χ4v) is 2.50. The van der Waals surface area contributed by atoms with Gasteiger partial charge in [-0.05, 0) is 31.5 Å². The van der Waals surface area contributed by atoms with Gasteiger partial charge in [-0.15, -0.1) is 0 Å². The summed E-state index contributed by atoms with van der Waals surface area (Å²) in [7, 11) is -0.992. The Bertz CT molecular complexity index is 545. The van der Waals surface area contributed by atoms with Gasteiger partial charge in [-0.3, -0.25) is 4.21 Å². The third kappa shape index (κ3) is 5.00. The van der Waals surface area contributed by atoms with Crippen LogP contribution in [0.15, 0.2) is 18.2 Å². The van der Waals surface area contributed by atoms with E-state index in [4.69, 9.17) is 5.11 Å². The van der Waals surface area contributed by atoms with Gasteiger partial charge in [0.05, 0.1) is 5.56 Å². The Balaban J connectivity index is 2.69. The van der Waals surface area contributed by atoms with Crippen LogP contribution < -0.4 is 10.6 Å². The van der Waals surface area contributed by atoms with Crippen LogP contribution in [0.5, 0.6) is 0 Å². The number of anilines is 1. The van der Waals surface area contributed by atoms with Crippen molar-refractivity contribution in [2.75, 3.05) is 17.3 Å². The molecule has 2 atom stereocenters. The number of benzene rings is 1. The molecule has 0 heterocycles. The highest BCUT2D eigenvalue weighted by atomic mass is 32.2. The SMILES string of the molecule is Cc1ccc(NC(=O)NC(C)CS(C)=O)cc1C(=O)O. The number of hydrogen-bond donors (Lipinski definition) is 3. The van der Waals surface area contributed by atoms with E-state index in [1.54, 1.807) is 32.2 Å². The van der Waals surface area contributed by atoms with E-state index in [0.29, 0.717) is 17.0 Å². The molecule has 0 saturated carbocycles. The molecule has 110 valence electrons. The van der Waals surface area contributed by atoms with E-state index >= 15 is 0 Å². The van der Waals surface area contributed by atoms with Crippen molar-refractivity contribution in [3.63, 3.8) is 0 Å². The van der Waals surface area contributed by atoms with Gasteiger partial charge in [0.25, 0.3) is 0 Å². The van der Waals surface area contributed by atoms with Crippen LogP contribution in [0.25, 0.3) is 0 Å². The van der Waals surface area contributed by atoms with Crippen molar-refractivity contribution >= 4 is 28.5 Å². The summed E-state index contributed by atoms with van der Waals surface area (Å²) in [6.07, 6.45) is 1.56. The summed E-state index contributed by atoms with van der Waals surface area (Å²) in [6, 6.07) is 3.97. The molecular formula is C13H18N2O4S. The van der Waals surface area contributed by atoms with Crippen LogP contribution in [0.3, 0.4) is 0 Å². The summed E-state index contributed by atoms with van der Waals surface area (Å²) < 4.78 is 11.0. The maximum atomic E-state index is 11.7. The minimum atomic E-state index is -1.04. The summed E-state index contributed by atoms with van der Waals surface area (Å²) in [4.78, 5) is 22.7. The van der Waals surface area contributed by atoms with Crippen molar-refractivity contribution < 1.29 is 18.9 Å². The quantitative estimate of drug-likeness (QED) is 0.769. The number of aromatic carboxylic acids is 1. The molecule has 0 bridgehead atoms. The summed E-state index contributed by atoms with van der Waals surface area (Å²) in [6.45, 7) is 3.44. The lowest BCUT2D eigenvalue weighted by molar-refractivity contribution is 0.0696. The highest BCUT2D eigenvalue weighted by molar-refractivity contribution is 7.84. The van der Waals surface area contributed by atoms with Gasteiger partial charge in [-0.25, -0.2) is 9.59 Å². The lowest BCUT2D eigenvalue weighted by atomic mass is 10.1. The molecule has 3 N–H and O–H groups in total. The maximum Gasteiger partial charge on any atom is 0.336 e. The molecule has 0 spiro atoms. The molecule has 0 fully saturated rings. The monoisotopic (exact) mass is 298 g/mol. The predicted molar refractivity (Wildman–Crippen MR) is 78.7 cm³/mol. The molecular weight excluding hydrogens is 280 g/mol. The molecule has 0 aliphatic heterocycles. The first-order chi connectivity index (χ1) is 9.29. The van der Waals surface area contributed by atoms with Crippen LogP contribution in [0.2, 0.25) is 0 Å². The Morgan fingerprint density at radius 2 is 2.05 bits per heavy atom. The number of rotatable bonds is 5. The normalized spacial score (nSPS) is 13.3. The lowest BCUT2D eigenvalue weighted by Gasteiger charge is -2.14. The second kappa shape index (κ2) is 7.04. The van der Waals surface area contributed by atoms with Crippen molar-refractivity contribution in [2.45, 2.75) is 19.9 Å². The first kappa shape index (κ1) is 16.2. The van der Waals surface area contributed by atoms with Gasteiger partial charge in [0.1, 0.15) is 0 Å². The van der Waals surface area contributed by atoms with Crippen molar-refractivity contribution in [3.8, 4) is 0 Å². The standard InChI is InChI=1S/C13H18N2O4S/c1-8-4-5-10(6-11(8)12(16)17)15-13(18)14-9(2)7-20(3)19/h4-6,9H,7H2,1-3H3,(H,16,17)(H2,14,15,18). The molecule has 0 aliphatic carbocycles. The highest BCUT2D eigenvalue weighted by Crippen LogP contribution is 2.15. The average Bonchev–Trinajstić information content (AvgIpc) is 2.29. The van der Waals surface area contributed by atoms with E-state index in [0.717, 1.165) is 0 Å². The summed E-state index contributed by atoms with van der Waals surface area (Å²) >= 11 is 0. The Labute approximate surface area is 120 Å². The fourth-order valence-electron chi connectivity index (χ4n) is 1.71. The number of aryl methyl sites for hydroxylation is 1. The third-order valence-corrected chi connectivity index (χ3v) is 3.56. The molecule has 7 heteroatoms. The van der Waals surface area contributed by atoms with Gasteiger partial charge in [0.2, 0.25) is 0 Å².